The molecule has 33 heavy (non-hydrogen) atoms. The summed E-state index contributed by atoms with van der Waals surface area (Å²) in [6.07, 6.45) is 0.852. The minimum atomic E-state index is -0.838. The van der Waals surface area contributed by atoms with Crippen LogP contribution < -0.4 is 9.64 Å². The molecule has 0 aromatic heterocycles. The Morgan fingerprint density at radius 3 is 2.39 bits per heavy atom. The lowest BCUT2D eigenvalue weighted by atomic mass is 9.94. The summed E-state index contributed by atoms with van der Waals surface area (Å²) >= 11 is 6.19. The maximum absolute atomic E-state index is 13.2. The number of ether oxygens (including phenoxy) is 1. The van der Waals surface area contributed by atoms with Crippen LogP contribution in [0.3, 0.4) is 0 Å². The van der Waals surface area contributed by atoms with Crippen molar-refractivity contribution in [3.8, 4) is 5.75 Å². The first-order valence-corrected chi connectivity index (χ1v) is 11.2. The summed E-state index contributed by atoms with van der Waals surface area (Å²) in [5.74, 6) is -1.08. The average molecular weight is 462 g/mol. The van der Waals surface area contributed by atoms with Crippen molar-refractivity contribution in [2.45, 2.75) is 26.3 Å². The molecule has 0 saturated carbocycles. The number of ketones is 1. The number of hydrogen-bond donors (Lipinski definition) is 1. The number of carbonyl (C=O) groups is 2. The third-order valence-electron chi connectivity index (χ3n) is 5.65. The Hall–Kier alpha value is -3.57. The number of benzene rings is 3. The number of aryl methyl sites for hydroxylation is 1. The third-order valence-corrected chi connectivity index (χ3v) is 5.89. The van der Waals surface area contributed by atoms with E-state index in [4.69, 9.17) is 16.3 Å². The number of carbonyl (C=O) groups excluding carboxylic acids is 2. The van der Waals surface area contributed by atoms with Gasteiger partial charge < -0.3 is 9.84 Å². The molecule has 1 amide bonds. The Bertz CT molecular complexity index is 1230. The summed E-state index contributed by atoms with van der Waals surface area (Å²) in [5.41, 5.74) is 2.72. The largest absolute Gasteiger partial charge is 0.507 e. The number of aliphatic hydroxyl groups is 1. The van der Waals surface area contributed by atoms with Crippen molar-refractivity contribution in [3.05, 3.63) is 100 Å². The number of halogens is 1. The van der Waals surface area contributed by atoms with E-state index in [-0.39, 0.29) is 11.3 Å². The van der Waals surface area contributed by atoms with Gasteiger partial charge in [-0.15, -0.1) is 0 Å². The Labute approximate surface area is 197 Å². The second-order valence-corrected chi connectivity index (χ2v) is 8.14. The predicted molar refractivity (Wildman–Crippen MR) is 130 cm³/mol. The Morgan fingerprint density at radius 1 is 1.00 bits per heavy atom. The van der Waals surface area contributed by atoms with Gasteiger partial charge in [-0.1, -0.05) is 61.0 Å². The van der Waals surface area contributed by atoms with Crippen molar-refractivity contribution in [1.82, 2.24) is 0 Å². The molecule has 1 fully saturated rings. The molecule has 0 spiro atoms. The molecule has 1 aliphatic rings. The first kappa shape index (κ1) is 22.6. The van der Waals surface area contributed by atoms with E-state index in [1.165, 1.54) is 4.90 Å². The van der Waals surface area contributed by atoms with Crippen molar-refractivity contribution < 1.29 is 19.4 Å². The standard InChI is InChI=1S/C27H24ClNO4/c1-3-17-11-13-18(14-12-17)25(30)23-24(19-7-5-10-22(15-19)33-4-2)29(27(32)26(23)31)21-9-6-8-20(28)16-21/h5-16,24,30H,3-4H2,1-2H3/b25-23+. The summed E-state index contributed by atoms with van der Waals surface area (Å²) in [4.78, 5) is 27.8. The zero-order valence-electron chi connectivity index (χ0n) is 18.4. The fraction of sp³-hybridized carbons (Fsp3) is 0.185. The van der Waals surface area contributed by atoms with Gasteiger partial charge in [-0.3, -0.25) is 14.5 Å². The molecule has 1 heterocycles. The topological polar surface area (TPSA) is 66.8 Å². The van der Waals surface area contributed by atoms with Crippen molar-refractivity contribution in [2.24, 2.45) is 0 Å². The summed E-state index contributed by atoms with van der Waals surface area (Å²) in [7, 11) is 0. The van der Waals surface area contributed by atoms with Crippen LogP contribution in [-0.2, 0) is 16.0 Å². The van der Waals surface area contributed by atoms with Crippen LogP contribution in [0.1, 0.15) is 36.6 Å². The van der Waals surface area contributed by atoms with Crippen LogP contribution in [-0.4, -0.2) is 23.4 Å². The van der Waals surface area contributed by atoms with Crippen molar-refractivity contribution >= 4 is 34.7 Å². The molecule has 4 rings (SSSR count). The number of aliphatic hydroxyl groups excluding tert-OH is 1. The normalized spacial score (nSPS) is 17.4. The van der Waals surface area contributed by atoms with E-state index >= 15 is 0 Å². The number of rotatable bonds is 6. The Balaban J connectivity index is 1.92. The summed E-state index contributed by atoms with van der Waals surface area (Å²) in [5, 5.41) is 11.7. The molecule has 1 saturated heterocycles. The van der Waals surface area contributed by atoms with Gasteiger partial charge in [0.25, 0.3) is 11.7 Å². The molecule has 0 aliphatic carbocycles. The maximum atomic E-state index is 13.2. The molecule has 1 unspecified atom stereocenters. The monoisotopic (exact) mass is 461 g/mol. The van der Waals surface area contributed by atoms with Crippen LogP contribution >= 0.6 is 11.6 Å². The van der Waals surface area contributed by atoms with Crippen LogP contribution in [0.5, 0.6) is 5.75 Å². The van der Waals surface area contributed by atoms with Crippen molar-refractivity contribution in [2.75, 3.05) is 11.5 Å². The number of nitrogens with zero attached hydrogens (tertiary/aromatic N) is 1. The predicted octanol–water partition coefficient (Wildman–Crippen LogP) is 5.93. The first-order chi connectivity index (χ1) is 15.9. The van der Waals surface area contributed by atoms with E-state index in [1.54, 1.807) is 48.5 Å². The molecule has 0 bridgehead atoms. The van der Waals surface area contributed by atoms with Crippen molar-refractivity contribution in [1.29, 1.82) is 0 Å². The van der Waals surface area contributed by atoms with E-state index in [2.05, 4.69) is 0 Å². The molecule has 5 nitrogen and oxygen atoms in total. The molecular weight excluding hydrogens is 438 g/mol. The van der Waals surface area contributed by atoms with Crippen LogP contribution in [0.2, 0.25) is 5.02 Å². The molecule has 168 valence electrons. The maximum Gasteiger partial charge on any atom is 0.300 e. The smallest absolute Gasteiger partial charge is 0.300 e. The molecule has 1 atom stereocenters. The lowest BCUT2D eigenvalue weighted by Crippen LogP contribution is -2.29. The van der Waals surface area contributed by atoms with Gasteiger partial charge in [-0.25, -0.2) is 0 Å². The van der Waals surface area contributed by atoms with Gasteiger partial charge >= 0.3 is 0 Å². The number of anilines is 1. The van der Waals surface area contributed by atoms with E-state index in [1.807, 2.05) is 38.1 Å². The van der Waals surface area contributed by atoms with Gasteiger partial charge in [0, 0.05) is 16.3 Å². The molecular formula is C27H24ClNO4. The second kappa shape index (κ2) is 9.51. The molecule has 1 N–H and O–H groups in total. The summed E-state index contributed by atoms with van der Waals surface area (Å²) in [6, 6.07) is 20.4. The molecule has 3 aromatic carbocycles. The minimum Gasteiger partial charge on any atom is -0.507 e. The molecule has 3 aromatic rings. The number of Topliss-reactive ketones (excluding diaryl/α,β-unsaturated/α-hetero) is 1. The quantitative estimate of drug-likeness (QED) is 0.281. The highest BCUT2D eigenvalue weighted by Gasteiger charge is 2.47. The van der Waals surface area contributed by atoms with Gasteiger partial charge in [0.05, 0.1) is 18.2 Å². The highest BCUT2D eigenvalue weighted by molar-refractivity contribution is 6.51. The SMILES string of the molecule is CCOc1cccc(C2/C(=C(\O)c3ccc(CC)cc3)C(=O)C(=O)N2c2cccc(Cl)c2)c1. The van der Waals surface area contributed by atoms with E-state index in [0.717, 1.165) is 12.0 Å². The molecule has 1 aliphatic heterocycles. The van der Waals surface area contributed by atoms with Crippen LogP contribution in [0, 0.1) is 0 Å². The van der Waals surface area contributed by atoms with Gasteiger partial charge in [-0.2, -0.15) is 0 Å². The first-order valence-electron chi connectivity index (χ1n) is 10.8. The van der Waals surface area contributed by atoms with Crippen molar-refractivity contribution in [3.63, 3.8) is 0 Å². The Kier molecular flexibility index (Phi) is 6.52. The third kappa shape index (κ3) is 4.37. The van der Waals surface area contributed by atoms with E-state index in [0.29, 0.717) is 34.2 Å². The van der Waals surface area contributed by atoms with Gasteiger partial charge in [-0.05, 0) is 54.8 Å². The lowest BCUT2D eigenvalue weighted by Gasteiger charge is -2.26. The van der Waals surface area contributed by atoms with Crippen LogP contribution in [0.15, 0.2) is 78.4 Å². The Morgan fingerprint density at radius 2 is 1.73 bits per heavy atom. The fourth-order valence-electron chi connectivity index (χ4n) is 4.04. The summed E-state index contributed by atoms with van der Waals surface area (Å²) in [6.45, 7) is 4.39. The zero-order chi connectivity index (χ0) is 23.5. The zero-order valence-corrected chi connectivity index (χ0v) is 19.2. The lowest BCUT2D eigenvalue weighted by molar-refractivity contribution is -0.132. The fourth-order valence-corrected chi connectivity index (χ4v) is 4.22. The highest BCUT2D eigenvalue weighted by Crippen LogP contribution is 2.43. The van der Waals surface area contributed by atoms with Crippen LogP contribution in [0.4, 0.5) is 5.69 Å². The minimum absolute atomic E-state index is 0.0258. The van der Waals surface area contributed by atoms with E-state index in [9.17, 15) is 14.7 Å². The molecule has 6 heteroatoms. The van der Waals surface area contributed by atoms with Gasteiger partial charge in [0.2, 0.25) is 0 Å². The highest BCUT2D eigenvalue weighted by atomic mass is 35.5. The van der Waals surface area contributed by atoms with Gasteiger partial charge in [0.15, 0.2) is 0 Å². The number of amides is 1. The second-order valence-electron chi connectivity index (χ2n) is 7.70. The number of hydrogen-bond acceptors (Lipinski definition) is 4. The van der Waals surface area contributed by atoms with E-state index < -0.39 is 17.7 Å². The van der Waals surface area contributed by atoms with Crippen LogP contribution in [0.25, 0.3) is 5.76 Å². The average Bonchev–Trinajstić information content (AvgIpc) is 3.09. The summed E-state index contributed by atoms with van der Waals surface area (Å²) < 4.78 is 5.64. The van der Waals surface area contributed by atoms with Gasteiger partial charge in [0.1, 0.15) is 11.5 Å². The molecule has 0 radical (unpaired) electrons.